The fourth-order valence-electron chi connectivity index (χ4n) is 2.74. The van der Waals surface area contributed by atoms with E-state index in [0.717, 1.165) is 18.9 Å². The predicted octanol–water partition coefficient (Wildman–Crippen LogP) is 2.83. The van der Waals surface area contributed by atoms with Crippen LogP contribution in [0.4, 0.5) is 13.6 Å². The fraction of sp³-hybridized carbons (Fsp3) is 0.588. The second-order valence-electron chi connectivity index (χ2n) is 6.85. The van der Waals surface area contributed by atoms with Crippen LogP contribution in [0.15, 0.2) is 12.1 Å². The summed E-state index contributed by atoms with van der Waals surface area (Å²) in [6.45, 7) is 5.21. The number of nitrogens with one attached hydrogen (secondary N) is 1. The minimum atomic E-state index is -0.616. The molecule has 2 N–H and O–H groups in total. The van der Waals surface area contributed by atoms with Crippen LogP contribution in [0.1, 0.15) is 37.8 Å². The summed E-state index contributed by atoms with van der Waals surface area (Å²) in [5, 5.41) is 12.0. The van der Waals surface area contributed by atoms with E-state index in [9.17, 15) is 18.7 Å². The molecular weight excluding hydrogens is 302 g/mol. The van der Waals surface area contributed by atoms with Gasteiger partial charge >= 0.3 is 6.03 Å². The molecule has 2 amide bonds. The summed E-state index contributed by atoms with van der Waals surface area (Å²) in [6.07, 6.45) is 1.97. The van der Waals surface area contributed by atoms with Gasteiger partial charge in [0.1, 0.15) is 11.6 Å². The van der Waals surface area contributed by atoms with Crippen LogP contribution in [0.5, 0.6) is 0 Å². The Kier molecular flexibility index (Phi) is 5.57. The minimum absolute atomic E-state index is 0.112. The number of urea groups is 1. The van der Waals surface area contributed by atoms with Gasteiger partial charge in [-0.1, -0.05) is 13.8 Å². The average Bonchev–Trinajstić information content (AvgIpc) is 2.50. The van der Waals surface area contributed by atoms with Gasteiger partial charge in [0.2, 0.25) is 0 Å². The zero-order valence-electron chi connectivity index (χ0n) is 13.7. The van der Waals surface area contributed by atoms with Crippen molar-refractivity contribution < 1.29 is 18.7 Å². The summed E-state index contributed by atoms with van der Waals surface area (Å²) in [7, 11) is 0. The molecule has 0 unspecified atom stereocenters. The van der Waals surface area contributed by atoms with Crippen molar-refractivity contribution in [2.24, 2.45) is 5.41 Å². The standard InChI is InChI=1S/C17H24F2N2O2/c1-17(2,11-22)5-3-6-20-16(23)21-7-4-14-12(10-21)8-13(18)9-15(14)19/h8-9,22H,3-7,10-11H2,1-2H3,(H,20,23). The van der Waals surface area contributed by atoms with Crippen LogP contribution in [-0.4, -0.2) is 35.7 Å². The first kappa shape index (κ1) is 17.7. The molecule has 0 radical (unpaired) electrons. The van der Waals surface area contributed by atoms with E-state index in [2.05, 4.69) is 5.32 Å². The number of halogens is 2. The van der Waals surface area contributed by atoms with Crippen molar-refractivity contribution in [3.05, 3.63) is 34.9 Å². The topological polar surface area (TPSA) is 52.6 Å². The number of benzene rings is 1. The van der Waals surface area contributed by atoms with Crippen LogP contribution in [-0.2, 0) is 13.0 Å². The molecule has 23 heavy (non-hydrogen) atoms. The van der Waals surface area contributed by atoms with Gasteiger partial charge in [0.05, 0.1) is 0 Å². The van der Waals surface area contributed by atoms with E-state index in [0.29, 0.717) is 30.6 Å². The summed E-state index contributed by atoms with van der Waals surface area (Å²) in [5.74, 6) is -1.15. The highest BCUT2D eigenvalue weighted by atomic mass is 19.1. The highest BCUT2D eigenvalue weighted by Crippen LogP contribution is 2.23. The van der Waals surface area contributed by atoms with Gasteiger partial charge in [-0.3, -0.25) is 0 Å². The van der Waals surface area contributed by atoms with Crippen molar-refractivity contribution in [3.8, 4) is 0 Å². The molecule has 1 aromatic rings. The molecule has 4 nitrogen and oxygen atoms in total. The number of carbonyl (C=O) groups excluding carboxylic acids is 1. The second-order valence-corrected chi connectivity index (χ2v) is 6.85. The van der Waals surface area contributed by atoms with E-state index in [-0.39, 0.29) is 24.6 Å². The van der Waals surface area contributed by atoms with E-state index in [1.54, 1.807) is 4.90 Å². The maximum atomic E-state index is 13.7. The van der Waals surface area contributed by atoms with E-state index in [4.69, 9.17) is 0 Å². The zero-order valence-corrected chi connectivity index (χ0v) is 13.7. The number of carbonyl (C=O) groups is 1. The SMILES string of the molecule is CC(C)(CO)CCCNC(=O)N1CCc2c(F)cc(F)cc2C1. The fourth-order valence-corrected chi connectivity index (χ4v) is 2.74. The molecule has 0 saturated carbocycles. The van der Waals surface area contributed by atoms with Gasteiger partial charge in [-0.25, -0.2) is 13.6 Å². The molecule has 0 bridgehead atoms. The molecule has 128 valence electrons. The maximum absolute atomic E-state index is 13.7. The van der Waals surface area contributed by atoms with E-state index in [1.807, 2.05) is 13.8 Å². The Morgan fingerprint density at radius 2 is 2.13 bits per heavy atom. The molecule has 0 aromatic heterocycles. The summed E-state index contributed by atoms with van der Waals surface area (Å²) in [4.78, 5) is 13.7. The van der Waals surface area contributed by atoms with Crippen LogP contribution in [0.2, 0.25) is 0 Å². The van der Waals surface area contributed by atoms with Crippen molar-refractivity contribution in [2.75, 3.05) is 19.7 Å². The van der Waals surface area contributed by atoms with Crippen molar-refractivity contribution in [3.63, 3.8) is 0 Å². The molecule has 1 heterocycles. The van der Waals surface area contributed by atoms with Gasteiger partial charge in [-0.05, 0) is 41.9 Å². The highest BCUT2D eigenvalue weighted by Gasteiger charge is 2.23. The summed E-state index contributed by atoms with van der Waals surface area (Å²) >= 11 is 0. The number of nitrogens with zero attached hydrogens (tertiary/aromatic N) is 1. The monoisotopic (exact) mass is 326 g/mol. The maximum Gasteiger partial charge on any atom is 0.317 e. The third-order valence-electron chi connectivity index (χ3n) is 4.27. The molecule has 0 spiro atoms. The molecule has 0 aliphatic carbocycles. The smallest absolute Gasteiger partial charge is 0.317 e. The Bertz CT molecular complexity index is 576. The van der Waals surface area contributed by atoms with Crippen LogP contribution in [0.25, 0.3) is 0 Å². The number of aliphatic hydroxyl groups excluding tert-OH is 1. The number of hydrogen-bond donors (Lipinski definition) is 2. The largest absolute Gasteiger partial charge is 0.396 e. The first-order valence-corrected chi connectivity index (χ1v) is 7.93. The molecule has 6 heteroatoms. The van der Waals surface area contributed by atoms with Gasteiger partial charge in [0.15, 0.2) is 0 Å². The normalized spacial score (nSPS) is 14.6. The van der Waals surface area contributed by atoms with Gasteiger partial charge in [0, 0.05) is 32.3 Å². The Morgan fingerprint density at radius 1 is 1.39 bits per heavy atom. The van der Waals surface area contributed by atoms with Gasteiger partial charge in [0.25, 0.3) is 0 Å². The third-order valence-corrected chi connectivity index (χ3v) is 4.27. The predicted molar refractivity (Wildman–Crippen MR) is 84.0 cm³/mol. The van der Waals surface area contributed by atoms with Gasteiger partial charge in [-0.2, -0.15) is 0 Å². The lowest BCUT2D eigenvalue weighted by Gasteiger charge is -2.29. The zero-order chi connectivity index (χ0) is 17.0. The number of hydrogen-bond acceptors (Lipinski definition) is 2. The Morgan fingerprint density at radius 3 is 2.83 bits per heavy atom. The number of fused-ring (bicyclic) bond motifs is 1. The average molecular weight is 326 g/mol. The first-order valence-electron chi connectivity index (χ1n) is 7.93. The Labute approximate surface area is 135 Å². The number of amides is 2. The van der Waals surface area contributed by atoms with Crippen molar-refractivity contribution in [1.29, 1.82) is 0 Å². The molecular formula is C17H24F2N2O2. The quantitative estimate of drug-likeness (QED) is 0.818. The van der Waals surface area contributed by atoms with E-state index >= 15 is 0 Å². The summed E-state index contributed by atoms with van der Waals surface area (Å²) < 4.78 is 27.0. The molecule has 0 atom stereocenters. The molecule has 1 aromatic carbocycles. The van der Waals surface area contributed by atoms with E-state index in [1.165, 1.54) is 6.07 Å². The number of rotatable bonds is 5. The second kappa shape index (κ2) is 7.25. The van der Waals surface area contributed by atoms with Crippen LogP contribution in [0, 0.1) is 17.0 Å². The Balaban J connectivity index is 1.85. The summed E-state index contributed by atoms with van der Waals surface area (Å²) in [6, 6.07) is 1.96. The lowest BCUT2D eigenvalue weighted by atomic mass is 9.89. The minimum Gasteiger partial charge on any atom is -0.396 e. The van der Waals surface area contributed by atoms with Crippen molar-refractivity contribution in [2.45, 2.75) is 39.7 Å². The van der Waals surface area contributed by atoms with E-state index < -0.39 is 11.6 Å². The van der Waals surface area contributed by atoms with Crippen LogP contribution >= 0.6 is 0 Å². The molecule has 0 saturated heterocycles. The molecule has 1 aliphatic rings. The van der Waals surface area contributed by atoms with Gasteiger partial charge < -0.3 is 15.3 Å². The molecule has 0 fully saturated rings. The summed E-state index contributed by atoms with van der Waals surface area (Å²) in [5.41, 5.74) is 0.884. The first-order chi connectivity index (χ1) is 10.8. The van der Waals surface area contributed by atoms with Gasteiger partial charge in [-0.15, -0.1) is 0 Å². The lowest BCUT2D eigenvalue weighted by Crippen LogP contribution is -2.43. The molecule has 2 rings (SSSR count). The van der Waals surface area contributed by atoms with Crippen LogP contribution in [0.3, 0.4) is 0 Å². The third kappa shape index (κ3) is 4.64. The number of aliphatic hydroxyl groups is 1. The van der Waals surface area contributed by atoms with Crippen molar-refractivity contribution in [1.82, 2.24) is 10.2 Å². The van der Waals surface area contributed by atoms with Crippen LogP contribution < -0.4 is 5.32 Å². The Hall–Kier alpha value is -1.69. The lowest BCUT2D eigenvalue weighted by molar-refractivity contribution is 0.147. The van der Waals surface area contributed by atoms with Crippen molar-refractivity contribution >= 4 is 6.03 Å². The highest BCUT2D eigenvalue weighted by molar-refractivity contribution is 5.74. The molecule has 1 aliphatic heterocycles.